The van der Waals surface area contributed by atoms with E-state index < -0.39 is 11.7 Å². The monoisotopic (exact) mass is 386 g/mol. The van der Waals surface area contributed by atoms with E-state index in [0.29, 0.717) is 23.3 Å². The molecule has 2 bridgehead atoms. The normalized spacial score (nSPS) is 24.6. The number of alkyl halides is 3. The van der Waals surface area contributed by atoms with Crippen molar-refractivity contribution in [1.29, 1.82) is 0 Å². The van der Waals surface area contributed by atoms with Gasteiger partial charge in [0.2, 0.25) is 0 Å². The van der Waals surface area contributed by atoms with Crippen LogP contribution in [0.25, 0.3) is 16.7 Å². The number of nitrogens with one attached hydrogen (secondary N) is 1. The molecule has 3 aliphatic rings. The summed E-state index contributed by atoms with van der Waals surface area (Å²) in [6.45, 7) is 3.45. The van der Waals surface area contributed by atoms with Gasteiger partial charge in [0.15, 0.2) is 0 Å². The molecule has 0 radical (unpaired) electrons. The van der Waals surface area contributed by atoms with Gasteiger partial charge in [0.1, 0.15) is 5.65 Å². The van der Waals surface area contributed by atoms with E-state index >= 15 is 0 Å². The molecule has 0 spiro atoms. The summed E-state index contributed by atoms with van der Waals surface area (Å²) in [4.78, 5) is 7.04. The van der Waals surface area contributed by atoms with Gasteiger partial charge < -0.3 is 14.8 Å². The van der Waals surface area contributed by atoms with Crippen LogP contribution in [0.1, 0.15) is 18.4 Å². The van der Waals surface area contributed by atoms with Gasteiger partial charge in [-0.3, -0.25) is 0 Å². The predicted octanol–water partition coefficient (Wildman–Crippen LogP) is 4.55. The van der Waals surface area contributed by atoms with Crippen molar-refractivity contribution in [3.05, 3.63) is 54.4 Å². The van der Waals surface area contributed by atoms with Gasteiger partial charge in [-0.05, 0) is 62.2 Å². The van der Waals surface area contributed by atoms with E-state index in [0.717, 1.165) is 29.8 Å². The molecule has 28 heavy (non-hydrogen) atoms. The molecule has 1 aromatic carbocycles. The largest absolute Gasteiger partial charge is 0.416 e. The topological polar surface area (TPSA) is 33.1 Å². The molecule has 0 aliphatic carbocycles. The van der Waals surface area contributed by atoms with Gasteiger partial charge >= 0.3 is 6.18 Å². The van der Waals surface area contributed by atoms with E-state index in [1.807, 2.05) is 12.1 Å². The third-order valence-electron chi connectivity index (χ3n) is 5.99. The molecule has 1 atom stereocenters. The van der Waals surface area contributed by atoms with Crippen LogP contribution < -0.4 is 5.32 Å². The molecule has 1 N–H and O–H groups in total. The molecular formula is C21H21F3N4. The van der Waals surface area contributed by atoms with Crippen LogP contribution in [0.15, 0.2) is 48.8 Å². The first-order valence-corrected chi connectivity index (χ1v) is 9.61. The highest BCUT2D eigenvalue weighted by Crippen LogP contribution is 2.32. The first-order chi connectivity index (χ1) is 13.5. The van der Waals surface area contributed by atoms with E-state index in [2.05, 4.69) is 15.2 Å². The van der Waals surface area contributed by atoms with Crippen LogP contribution in [0, 0.1) is 5.92 Å². The summed E-state index contributed by atoms with van der Waals surface area (Å²) >= 11 is 0. The van der Waals surface area contributed by atoms with E-state index in [1.54, 1.807) is 23.0 Å². The van der Waals surface area contributed by atoms with Crippen LogP contribution in [0.4, 0.5) is 18.9 Å². The zero-order valence-corrected chi connectivity index (χ0v) is 15.3. The fourth-order valence-corrected chi connectivity index (χ4v) is 4.49. The molecule has 146 valence electrons. The van der Waals surface area contributed by atoms with Gasteiger partial charge in [-0.2, -0.15) is 13.2 Å². The van der Waals surface area contributed by atoms with Crippen LogP contribution in [-0.4, -0.2) is 40.1 Å². The van der Waals surface area contributed by atoms with Crippen LogP contribution in [0.3, 0.4) is 0 Å². The van der Waals surface area contributed by atoms with Crippen LogP contribution in [0.5, 0.6) is 0 Å². The Kier molecular flexibility index (Phi) is 4.08. The lowest BCUT2D eigenvalue weighted by Crippen LogP contribution is -2.53. The molecule has 3 fully saturated rings. The maximum absolute atomic E-state index is 13.0. The predicted molar refractivity (Wildman–Crippen MR) is 103 cm³/mol. The Bertz CT molecular complexity index is 1000. The molecule has 0 saturated carbocycles. The third-order valence-corrected chi connectivity index (χ3v) is 5.99. The first-order valence-electron chi connectivity index (χ1n) is 9.61. The van der Waals surface area contributed by atoms with Crippen LogP contribution in [0.2, 0.25) is 0 Å². The van der Waals surface area contributed by atoms with E-state index in [9.17, 15) is 13.2 Å². The van der Waals surface area contributed by atoms with Crippen molar-refractivity contribution in [3.8, 4) is 5.69 Å². The second-order valence-corrected chi connectivity index (χ2v) is 7.76. The number of aromatic nitrogens is 2. The van der Waals surface area contributed by atoms with Gasteiger partial charge in [-0.1, -0.05) is 6.07 Å². The Morgan fingerprint density at radius 1 is 1.07 bits per heavy atom. The number of hydrogen-bond acceptors (Lipinski definition) is 3. The molecular weight excluding hydrogens is 365 g/mol. The standard InChI is InChI=1S/C21H21F3N4/c22-21(23,24)16-2-1-3-18(11-16)28-9-6-15-10-17(12-25-20(15)28)26-19-13-27-7-4-14(19)5-8-27/h1-3,6,9-12,14,19,26H,4-5,7-8,13H2/t19-/m0/s1. The average molecular weight is 386 g/mol. The summed E-state index contributed by atoms with van der Waals surface area (Å²) in [5, 5.41) is 4.53. The minimum Gasteiger partial charge on any atom is -0.379 e. The van der Waals surface area contributed by atoms with Crippen molar-refractivity contribution in [2.45, 2.75) is 25.1 Å². The fourth-order valence-electron chi connectivity index (χ4n) is 4.49. The molecule has 0 unspecified atom stereocenters. The summed E-state index contributed by atoms with van der Waals surface area (Å²) in [5.74, 6) is 0.704. The molecule has 3 saturated heterocycles. The van der Waals surface area contributed by atoms with Crippen molar-refractivity contribution >= 4 is 16.7 Å². The van der Waals surface area contributed by atoms with Crippen molar-refractivity contribution in [2.75, 3.05) is 25.0 Å². The summed E-state index contributed by atoms with van der Waals surface area (Å²) in [7, 11) is 0. The molecule has 5 heterocycles. The fraction of sp³-hybridized carbons (Fsp3) is 0.381. The number of hydrogen-bond donors (Lipinski definition) is 1. The number of nitrogens with zero attached hydrogens (tertiary/aromatic N) is 3. The highest BCUT2D eigenvalue weighted by molar-refractivity contribution is 5.81. The number of benzene rings is 1. The molecule has 3 aromatic rings. The Morgan fingerprint density at radius 3 is 2.61 bits per heavy atom. The number of pyridine rings is 1. The number of piperidine rings is 3. The van der Waals surface area contributed by atoms with Gasteiger partial charge in [-0.25, -0.2) is 4.98 Å². The lowest BCUT2D eigenvalue weighted by molar-refractivity contribution is -0.137. The minimum absolute atomic E-state index is 0.437. The van der Waals surface area contributed by atoms with Crippen molar-refractivity contribution in [1.82, 2.24) is 14.5 Å². The lowest BCUT2D eigenvalue weighted by Gasteiger charge is -2.45. The highest BCUT2D eigenvalue weighted by atomic mass is 19.4. The summed E-state index contributed by atoms with van der Waals surface area (Å²) in [6, 6.07) is 9.68. The number of halogens is 3. The van der Waals surface area contributed by atoms with Crippen LogP contribution in [-0.2, 0) is 6.18 Å². The quantitative estimate of drug-likeness (QED) is 0.717. The number of anilines is 1. The third kappa shape index (κ3) is 3.13. The maximum Gasteiger partial charge on any atom is 0.416 e. The average Bonchev–Trinajstić information content (AvgIpc) is 3.12. The van der Waals surface area contributed by atoms with Gasteiger partial charge in [0.25, 0.3) is 0 Å². The van der Waals surface area contributed by atoms with Crippen molar-refractivity contribution < 1.29 is 13.2 Å². The van der Waals surface area contributed by atoms with Gasteiger partial charge in [0.05, 0.1) is 17.4 Å². The van der Waals surface area contributed by atoms with Gasteiger partial charge in [0, 0.05) is 29.9 Å². The summed E-state index contributed by atoms with van der Waals surface area (Å²) in [5.41, 5.74) is 1.41. The smallest absolute Gasteiger partial charge is 0.379 e. The zero-order chi connectivity index (χ0) is 19.3. The maximum atomic E-state index is 13.0. The molecule has 6 rings (SSSR count). The Balaban J connectivity index is 1.43. The second-order valence-electron chi connectivity index (χ2n) is 7.76. The van der Waals surface area contributed by atoms with E-state index in [-0.39, 0.29) is 0 Å². The van der Waals surface area contributed by atoms with E-state index in [4.69, 9.17) is 0 Å². The van der Waals surface area contributed by atoms with Crippen molar-refractivity contribution in [2.24, 2.45) is 5.92 Å². The Hall–Kier alpha value is -2.54. The van der Waals surface area contributed by atoms with Crippen LogP contribution >= 0.6 is 0 Å². The molecule has 2 aromatic heterocycles. The molecule has 7 heteroatoms. The first kappa shape index (κ1) is 17.6. The number of fused-ring (bicyclic) bond motifs is 4. The molecule has 0 amide bonds. The highest BCUT2D eigenvalue weighted by Gasteiger charge is 2.34. The minimum atomic E-state index is -4.36. The number of rotatable bonds is 3. The lowest BCUT2D eigenvalue weighted by atomic mass is 9.84. The van der Waals surface area contributed by atoms with Gasteiger partial charge in [-0.15, -0.1) is 0 Å². The zero-order valence-electron chi connectivity index (χ0n) is 15.3. The second kappa shape index (κ2) is 6.51. The van der Waals surface area contributed by atoms with E-state index in [1.165, 1.54) is 32.0 Å². The molecule has 3 aliphatic heterocycles. The summed E-state index contributed by atoms with van der Waals surface area (Å²) < 4.78 is 40.8. The Morgan fingerprint density at radius 2 is 1.89 bits per heavy atom. The SMILES string of the molecule is FC(F)(F)c1cccc(-n2ccc3cc(N[C@H]4CN5CCC4CC5)cnc32)c1. The summed E-state index contributed by atoms with van der Waals surface area (Å²) in [6.07, 6.45) is 1.66. The molecule has 4 nitrogen and oxygen atoms in total. The van der Waals surface area contributed by atoms with Crippen molar-refractivity contribution in [3.63, 3.8) is 0 Å². The Labute approximate surface area is 161 Å².